The van der Waals surface area contributed by atoms with Gasteiger partial charge >= 0.3 is 0 Å². The van der Waals surface area contributed by atoms with Crippen LogP contribution >= 0.6 is 11.6 Å². The maximum Gasteiger partial charge on any atom is 0.248 e. The normalized spacial score (nSPS) is 18.4. The minimum Gasteiger partial charge on any atom is -0.367 e. The van der Waals surface area contributed by atoms with Gasteiger partial charge in [-0.25, -0.2) is 18.7 Å². The lowest BCUT2D eigenvalue weighted by Crippen LogP contribution is -2.32. The first-order valence-electron chi connectivity index (χ1n) is 6.91. The number of hydrogen-bond acceptors (Lipinski definition) is 6. The molecule has 1 N–H and O–H groups in total. The average Bonchev–Trinajstić information content (AvgIpc) is 2.87. The van der Waals surface area contributed by atoms with Crippen LogP contribution in [-0.4, -0.2) is 32.1 Å². The van der Waals surface area contributed by atoms with Crippen LogP contribution in [0.25, 0.3) is 11.5 Å². The molecule has 0 saturated heterocycles. The van der Waals surface area contributed by atoms with Gasteiger partial charge in [0.05, 0.1) is 0 Å². The van der Waals surface area contributed by atoms with Crippen molar-refractivity contribution in [2.24, 2.45) is 0 Å². The van der Waals surface area contributed by atoms with Crippen LogP contribution in [0, 0.1) is 6.92 Å². The van der Waals surface area contributed by atoms with Gasteiger partial charge in [-0.05, 0) is 24.4 Å². The first-order chi connectivity index (χ1) is 10.4. The van der Waals surface area contributed by atoms with Crippen molar-refractivity contribution in [1.29, 1.82) is 0 Å². The van der Waals surface area contributed by atoms with Crippen molar-refractivity contribution in [3.05, 3.63) is 17.2 Å². The molecule has 2 aromatic rings. The Morgan fingerprint density at radius 2 is 2.00 bits per heavy atom. The number of alkyl halides is 2. The van der Waals surface area contributed by atoms with Crippen molar-refractivity contribution in [3.8, 4) is 11.5 Å². The molecule has 0 aliphatic heterocycles. The number of halogens is 3. The van der Waals surface area contributed by atoms with Gasteiger partial charge in [0.2, 0.25) is 22.9 Å². The highest BCUT2D eigenvalue weighted by Gasteiger charge is 2.35. The predicted molar refractivity (Wildman–Crippen MR) is 75.9 cm³/mol. The summed E-state index contributed by atoms with van der Waals surface area (Å²) >= 11 is 5.90. The smallest absolute Gasteiger partial charge is 0.248 e. The Morgan fingerprint density at radius 3 is 2.64 bits per heavy atom. The maximum absolute atomic E-state index is 13.2. The molecule has 0 unspecified atom stereocenters. The Labute approximate surface area is 130 Å². The van der Waals surface area contributed by atoms with Gasteiger partial charge in [-0.15, -0.1) is 0 Å². The van der Waals surface area contributed by atoms with Crippen LogP contribution in [0.3, 0.4) is 0 Å². The third-order valence-electron chi connectivity index (χ3n) is 3.52. The summed E-state index contributed by atoms with van der Waals surface area (Å²) in [4.78, 5) is 12.2. The van der Waals surface area contributed by atoms with Crippen LogP contribution in [0.4, 0.5) is 14.6 Å². The van der Waals surface area contributed by atoms with E-state index in [9.17, 15) is 8.78 Å². The fourth-order valence-corrected chi connectivity index (χ4v) is 2.59. The molecule has 2 heterocycles. The second kappa shape index (κ2) is 5.75. The fourth-order valence-electron chi connectivity index (χ4n) is 2.40. The zero-order chi connectivity index (χ0) is 15.7. The lowest BCUT2D eigenvalue weighted by molar-refractivity contribution is -0.0361. The summed E-state index contributed by atoms with van der Waals surface area (Å²) in [7, 11) is 0. The van der Waals surface area contributed by atoms with Gasteiger partial charge < -0.3 is 9.84 Å². The molecule has 0 aromatic carbocycles. The Hall–Kier alpha value is -1.83. The van der Waals surface area contributed by atoms with Crippen molar-refractivity contribution in [1.82, 2.24) is 20.1 Å². The van der Waals surface area contributed by atoms with E-state index >= 15 is 0 Å². The highest BCUT2D eigenvalue weighted by molar-refractivity contribution is 6.28. The van der Waals surface area contributed by atoms with Gasteiger partial charge in [0.1, 0.15) is 11.5 Å². The first-order valence-corrected chi connectivity index (χ1v) is 7.29. The minimum absolute atomic E-state index is 0.0311. The summed E-state index contributed by atoms with van der Waals surface area (Å²) in [6, 6.07) is 1.56. The molecule has 22 heavy (non-hydrogen) atoms. The standard InChI is InChI=1S/C13H14ClF2N5O/c1-7-17-11(21-22-7)9-6-10(20-12(14)19-9)18-8-2-4-13(15,16)5-3-8/h6,8H,2-5H2,1H3,(H,18,19,20). The average molecular weight is 330 g/mol. The molecule has 1 saturated carbocycles. The quantitative estimate of drug-likeness (QED) is 0.869. The Kier molecular flexibility index (Phi) is 3.94. The van der Waals surface area contributed by atoms with Gasteiger partial charge in [0.25, 0.3) is 0 Å². The Balaban J connectivity index is 1.76. The van der Waals surface area contributed by atoms with Gasteiger partial charge in [-0.2, -0.15) is 4.98 Å². The minimum atomic E-state index is -2.56. The molecule has 1 aliphatic rings. The van der Waals surface area contributed by atoms with E-state index in [1.807, 2.05) is 0 Å². The number of rotatable bonds is 3. The zero-order valence-corrected chi connectivity index (χ0v) is 12.6. The molecule has 0 atom stereocenters. The van der Waals surface area contributed by atoms with Crippen molar-refractivity contribution in [2.45, 2.75) is 44.6 Å². The lowest BCUT2D eigenvalue weighted by atomic mass is 9.92. The van der Waals surface area contributed by atoms with Gasteiger partial charge in [0.15, 0.2) is 0 Å². The van der Waals surface area contributed by atoms with Crippen LogP contribution in [0.2, 0.25) is 5.28 Å². The summed E-state index contributed by atoms with van der Waals surface area (Å²) < 4.78 is 31.2. The summed E-state index contributed by atoms with van der Waals surface area (Å²) in [5.74, 6) is -1.38. The topological polar surface area (TPSA) is 76.7 Å². The third kappa shape index (κ3) is 3.49. The first kappa shape index (κ1) is 15.1. The molecule has 1 aliphatic carbocycles. The van der Waals surface area contributed by atoms with Crippen LogP contribution < -0.4 is 5.32 Å². The molecule has 0 bridgehead atoms. The van der Waals surface area contributed by atoms with Crippen molar-refractivity contribution < 1.29 is 13.3 Å². The number of aryl methyl sites for hydroxylation is 1. The highest BCUT2D eigenvalue weighted by atomic mass is 35.5. The maximum atomic E-state index is 13.2. The van der Waals surface area contributed by atoms with Crippen LogP contribution in [0.1, 0.15) is 31.6 Å². The van der Waals surface area contributed by atoms with Crippen LogP contribution in [0.5, 0.6) is 0 Å². The Morgan fingerprint density at radius 1 is 1.27 bits per heavy atom. The van der Waals surface area contributed by atoms with Gasteiger partial charge in [0, 0.05) is 31.9 Å². The molecule has 2 aromatic heterocycles. The molecule has 0 radical (unpaired) electrons. The fraction of sp³-hybridized carbons (Fsp3) is 0.538. The monoisotopic (exact) mass is 329 g/mol. The number of nitrogens with one attached hydrogen (secondary N) is 1. The molecule has 0 spiro atoms. The van der Waals surface area contributed by atoms with E-state index in [1.54, 1.807) is 13.0 Å². The largest absolute Gasteiger partial charge is 0.367 e. The molecule has 9 heteroatoms. The van der Waals surface area contributed by atoms with Crippen molar-refractivity contribution >= 4 is 17.4 Å². The lowest BCUT2D eigenvalue weighted by Gasteiger charge is -2.29. The number of anilines is 1. The second-order valence-electron chi connectivity index (χ2n) is 5.32. The van der Waals surface area contributed by atoms with Gasteiger partial charge in [-0.1, -0.05) is 5.16 Å². The predicted octanol–water partition coefficient (Wildman–Crippen LogP) is 3.48. The van der Waals surface area contributed by atoms with Crippen molar-refractivity contribution in [2.75, 3.05) is 5.32 Å². The molecule has 6 nitrogen and oxygen atoms in total. The SMILES string of the molecule is Cc1nc(-c2cc(NC3CCC(F)(F)CC3)nc(Cl)n2)no1. The highest BCUT2D eigenvalue weighted by Crippen LogP contribution is 2.34. The van der Waals surface area contributed by atoms with Crippen LogP contribution in [0.15, 0.2) is 10.6 Å². The van der Waals surface area contributed by atoms with E-state index in [2.05, 4.69) is 25.4 Å². The second-order valence-corrected chi connectivity index (χ2v) is 5.66. The third-order valence-corrected chi connectivity index (χ3v) is 3.69. The zero-order valence-electron chi connectivity index (χ0n) is 11.8. The number of aromatic nitrogens is 4. The summed E-state index contributed by atoms with van der Waals surface area (Å²) in [5.41, 5.74) is 0.417. The van der Waals surface area contributed by atoms with E-state index in [0.717, 1.165) is 0 Å². The molecular weight excluding hydrogens is 316 g/mol. The van der Waals surface area contributed by atoms with E-state index in [0.29, 0.717) is 36.1 Å². The van der Waals surface area contributed by atoms with E-state index in [-0.39, 0.29) is 24.2 Å². The van der Waals surface area contributed by atoms with E-state index < -0.39 is 5.92 Å². The molecule has 118 valence electrons. The molecule has 0 amide bonds. The summed E-state index contributed by atoms with van der Waals surface area (Å²) in [5, 5.41) is 6.92. The molecular formula is C13H14ClF2N5O. The number of nitrogens with zero attached hydrogens (tertiary/aromatic N) is 4. The number of hydrogen-bond donors (Lipinski definition) is 1. The summed E-state index contributed by atoms with van der Waals surface area (Å²) in [6.07, 6.45) is 0.511. The summed E-state index contributed by atoms with van der Waals surface area (Å²) in [6.45, 7) is 1.67. The molecule has 1 fully saturated rings. The molecule has 3 rings (SSSR count). The van der Waals surface area contributed by atoms with Crippen molar-refractivity contribution in [3.63, 3.8) is 0 Å². The van der Waals surface area contributed by atoms with Gasteiger partial charge in [-0.3, -0.25) is 0 Å². The van der Waals surface area contributed by atoms with E-state index in [4.69, 9.17) is 16.1 Å². The Bertz CT molecular complexity index is 668. The van der Waals surface area contributed by atoms with E-state index in [1.165, 1.54) is 0 Å². The van der Waals surface area contributed by atoms with Crippen LogP contribution in [-0.2, 0) is 0 Å².